The van der Waals surface area contributed by atoms with E-state index in [-0.39, 0.29) is 37.0 Å². The highest BCUT2D eigenvalue weighted by molar-refractivity contribution is 5.82. The number of alkyl carbamates (subject to hydrolysis) is 1. The van der Waals surface area contributed by atoms with E-state index in [1.54, 1.807) is 0 Å². The van der Waals surface area contributed by atoms with Crippen molar-refractivity contribution in [3.8, 4) is 0 Å². The number of fused-ring (bicyclic) bond motifs is 2. The van der Waals surface area contributed by atoms with Crippen LogP contribution in [0.1, 0.15) is 58.3 Å². The van der Waals surface area contributed by atoms with E-state index in [2.05, 4.69) is 16.7 Å². The summed E-state index contributed by atoms with van der Waals surface area (Å²) in [4.78, 5) is 34.1. The number of allylic oxidation sites excluding steroid dienone is 2. The summed E-state index contributed by atoms with van der Waals surface area (Å²) >= 11 is 0. The molecule has 4 atom stereocenters. The lowest BCUT2D eigenvalue weighted by Gasteiger charge is -2.27. The van der Waals surface area contributed by atoms with Crippen molar-refractivity contribution in [2.75, 3.05) is 19.7 Å². The summed E-state index contributed by atoms with van der Waals surface area (Å²) in [6, 6.07) is 0. The second-order valence-corrected chi connectivity index (χ2v) is 7.76. The lowest BCUT2D eigenvalue weighted by Crippen LogP contribution is -2.42. The number of carboxylic acids is 1. The SMILES string of the molecule is CCCCOC(=O)NCC(=O)NC[C@H]1[C@@H](C/C=C\CCCC(=O)O)[C@H]2CC[C@@H]1O2. The fourth-order valence-electron chi connectivity index (χ4n) is 4.03. The summed E-state index contributed by atoms with van der Waals surface area (Å²) in [7, 11) is 0. The van der Waals surface area contributed by atoms with Gasteiger partial charge in [0, 0.05) is 18.9 Å². The first-order valence-corrected chi connectivity index (χ1v) is 10.7. The second-order valence-electron chi connectivity index (χ2n) is 7.76. The molecule has 29 heavy (non-hydrogen) atoms. The van der Waals surface area contributed by atoms with Crippen molar-refractivity contribution in [2.24, 2.45) is 11.8 Å². The summed E-state index contributed by atoms with van der Waals surface area (Å²) in [6.07, 6.45) is 10.3. The summed E-state index contributed by atoms with van der Waals surface area (Å²) < 4.78 is 11.0. The van der Waals surface area contributed by atoms with E-state index in [4.69, 9.17) is 14.6 Å². The van der Waals surface area contributed by atoms with Crippen LogP contribution in [0.25, 0.3) is 0 Å². The molecule has 2 bridgehead atoms. The topological polar surface area (TPSA) is 114 Å². The average Bonchev–Trinajstić information content (AvgIpc) is 3.29. The van der Waals surface area contributed by atoms with E-state index in [0.29, 0.717) is 25.5 Å². The lowest BCUT2D eigenvalue weighted by atomic mass is 9.77. The average molecular weight is 411 g/mol. The van der Waals surface area contributed by atoms with Gasteiger partial charge in [0.1, 0.15) is 0 Å². The highest BCUT2D eigenvalue weighted by Crippen LogP contribution is 2.44. The van der Waals surface area contributed by atoms with Gasteiger partial charge in [0.15, 0.2) is 0 Å². The molecule has 2 amide bonds. The number of rotatable bonds is 13. The molecule has 8 nitrogen and oxygen atoms in total. The monoisotopic (exact) mass is 410 g/mol. The number of nitrogens with one attached hydrogen (secondary N) is 2. The van der Waals surface area contributed by atoms with E-state index in [1.165, 1.54) is 0 Å². The van der Waals surface area contributed by atoms with Crippen molar-refractivity contribution in [2.45, 2.75) is 70.5 Å². The van der Waals surface area contributed by atoms with Gasteiger partial charge in [-0.3, -0.25) is 9.59 Å². The number of amides is 2. The van der Waals surface area contributed by atoms with Crippen molar-refractivity contribution in [3.05, 3.63) is 12.2 Å². The Balaban J connectivity index is 1.68. The van der Waals surface area contributed by atoms with Crippen LogP contribution in [0.2, 0.25) is 0 Å². The third-order valence-electron chi connectivity index (χ3n) is 5.59. The standard InChI is InChI=1S/C21H34N2O6/c1-2-3-12-28-21(27)23-14-19(24)22-13-16-15(17-10-11-18(16)29-17)8-6-4-5-7-9-20(25)26/h4,6,15-18H,2-3,5,7-14H2,1H3,(H,22,24)(H,23,27)(H,25,26)/b6-4-/t15-,16+,17-,18+/m1/s1. The molecule has 0 aromatic heterocycles. The Morgan fingerprint density at radius 1 is 1.10 bits per heavy atom. The minimum absolute atomic E-state index is 0.0965. The Labute approximate surface area is 172 Å². The molecule has 2 aliphatic heterocycles. The number of hydrogen-bond donors (Lipinski definition) is 3. The molecule has 0 radical (unpaired) electrons. The van der Waals surface area contributed by atoms with Gasteiger partial charge in [0.05, 0.1) is 25.4 Å². The highest BCUT2D eigenvalue weighted by atomic mass is 16.5. The molecule has 2 heterocycles. The van der Waals surface area contributed by atoms with E-state index < -0.39 is 12.1 Å². The van der Waals surface area contributed by atoms with Crippen molar-refractivity contribution in [1.82, 2.24) is 10.6 Å². The van der Waals surface area contributed by atoms with Crippen LogP contribution >= 0.6 is 0 Å². The van der Waals surface area contributed by atoms with E-state index in [9.17, 15) is 14.4 Å². The maximum absolute atomic E-state index is 12.1. The molecule has 8 heteroatoms. The first-order valence-electron chi connectivity index (χ1n) is 10.7. The maximum atomic E-state index is 12.1. The van der Waals surface area contributed by atoms with Crippen LogP contribution in [0.4, 0.5) is 4.79 Å². The molecule has 0 saturated carbocycles. The van der Waals surface area contributed by atoms with E-state index in [0.717, 1.165) is 38.5 Å². The van der Waals surface area contributed by atoms with Gasteiger partial charge in [0.25, 0.3) is 0 Å². The van der Waals surface area contributed by atoms with Gasteiger partial charge in [0.2, 0.25) is 5.91 Å². The molecule has 2 saturated heterocycles. The molecule has 0 aromatic rings. The molecule has 2 aliphatic rings. The molecular weight excluding hydrogens is 376 g/mol. The van der Waals surface area contributed by atoms with Crippen LogP contribution in [0.3, 0.4) is 0 Å². The molecule has 164 valence electrons. The van der Waals surface area contributed by atoms with Crippen LogP contribution in [0, 0.1) is 11.8 Å². The van der Waals surface area contributed by atoms with Gasteiger partial charge < -0.3 is 25.2 Å². The maximum Gasteiger partial charge on any atom is 0.407 e. The summed E-state index contributed by atoms with van der Waals surface area (Å²) in [5.41, 5.74) is 0. The number of carboxylic acid groups (broad SMARTS) is 1. The number of hydrogen-bond acceptors (Lipinski definition) is 5. The van der Waals surface area contributed by atoms with Crippen LogP contribution < -0.4 is 10.6 Å². The predicted octanol–water partition coefficient (Wildman–Crippen LogP) is 2.62. The molecule has 0 aromatic carbocycles. The van der Waals surface area contributed by atoms with Gasteiger partial charge in [-0.1, -0.05) is 25.5 Å². The fraction of sp³-hybridized carbons (Fsp3) is 0.762. The van der Waals surface area contributed by atoms with Gasteiger partial charge in [-0.05, 0) is 44.4 Å². The first-order chi connectivity index (χ1) is 14.0. The normalized spacial score (nSPS) is 25.3. The molecule has 0 unspecified atom stereocenters. The van der Waals surface area contributed by atoms with Gasteiger partial charge >= 0.3 is 12.1 Å². The Bertz CT molecular complexity index is 580. The summed E-state index contributed by atoms with van der Waals surface area (Å²) in [6.45, 7) is 2.80. The highest BCUT2D eigenvalue weighted by Gasteiger charge is 2.47. The number of ether oxygens (including phenoxy) is 2. The van der Waals surface area contributed by atoms with Crippen LogP contribution in [-0.4, -0.2) is 55.0 Å². The fourth-order valence-corrected chi connectivity index (χ4v) is 4.03. The second kappa shape index (κ2) is 12.5. The van der Waals surface area contributed by atoms with E-state index >= 15 is 0 Å². The number of aliphatic carboxylic acids is 1. The van der Waals surface area contributed by atoms with Gasteiger partial charge in [-0.25, -0.2) is 4.79 Å². The molecular formula is C21H34N2O6. The van der Waals surface area contributed by atoms with Crippen molar-refractivity contribution in [3.63, 3.8) is 0 Å². The number of carbonyl (C=O) groups excluding carboxylic acids is 2. The quantitative estimate of drug-likeness (QED) is 0.318. The zero-order valence-corrected chi connectivity index (χ0v) is 17.2. The summed E-state index contributed by atoms with van der Waals surface area (Å²) in [5.74, 6) is -0.378. The van der Waals surface area contributed by atoms with Crippen LogP contribution in [0.15, 0.2) is 12.2 Å². The van der Waals surface area contributed by atoms with Crippen LogP contribution in [0.5, 0.6) is 0 Å². The third kappa shape index (κ3) is 8.04. The predicted molar refractivity (Wildman–Crippen MR) is 107 cm³/mol. The largest absolute Gasteiger partial charge is 0.481 e. The van der Waals surface area contributed by atoms with Crippen LogP contribution in [-0.2, 0) is 19.1 Å². The van der Waals surface area contributed by atoms with Crippen molar-refractivity contribution < 1.29 is 29.0 Å². The number of unbranched alkanes of at least 4 members (excludes halogenated alkanes) is 2. The molecule has 2 rings (SSSR count). The zero-order chi connectivity index (χ0) is 21.1. The molecule has 2 fully saturated rings. The Morgan fingerprint density at radius 2 is 1.86 bits per heavy atom. The summed E-state index contributed by atoms with van der Waals surface area (Å²) in [5, 5.41) is 14.0. The van der Waals surface area contributed by atoms with Crippen molar-refractivity contribution >= 4 is 18.0 Å². The number of carbonyl (C=O) groups is 3. The molecule has 0 spiro atoms. The lowest BCUT2D eigenvalue weighted by molar-refractivity contribution is -0.137. The first kappa shape index (κ1) is 23.2. The molecule has 0 aliphatic carbocycles. The zero-order valence-electron chi connectivity index (χ0n) is 17.2. The smallest absolute Gasteiger partial charge is 0.407 e. The Hall–Kier alpha value is -2.09. The van der Waals surface area contributed by atoms with Gasteiger partial charge in [-0.15, -0.1) is 0 Å². The van der Waals surface area contributed by atoms with E-state index in [1.807, 2.05) is 13.0 Å². The van der Waals surface area contributed by atoms with Crippen molar-refractivity contribution in [1.29, 1.82) is 0 Å². The van der Waals surface area contributed by atoms with Gasteiger partial charge in [-0.2, -0.15) is 0 Å². The Morgan fingerprint density at radius 3 is 2.59 bits per heavy atom. The molecule has 3 N–H and O–H groups in total. The minimum Gasteiger partial charge on any atom is -0.481 e. The third-order valence-corrected chi connectivity index (χ3v) is 5.59. The Kier molecular flexibility index (Phi) is 9.97. The minimum atomic E-state index is -0.764.